The normalized spacial score (nSPS) is 15.1. The van der Waals surface area contributed by atoms with Gasteiger partial charge in [-0.25, -0.2) is 4.31 Å². The summed E-state index contributed by atoms with van der Waals surface area (Å²) in [5.74, 6) is -3.09. The summed E-state index contributed by atoms with van der Waals surface area (Å²) in [5, 5.41) is 0. The van der Waals surface area contributed by atoms with E-state index in [0.29, 0.717) is 4.31 Å². The molecule has 0 spiro atoms. The Balaban J connectivity index is 4.01. The summed E-state index contributed by atoms with van der Waals surface area (Å²) in [6.45, 7) is 0. The maximum Gasteiger partial charge on any atom is 0.339 e. The largest absolute Gasteiger partial charge is 0.339 e. The Kier molecular flexibility index (Phi) is 2.81. The Labute approximate surface area is 53.8 Å². The molecule has 0 heterocycles. The van der Waals surface area contributed by atoms with Gasteiger partial charge in [-0.15, -0.1) is 0 Å². The Morgan fingerprint density at radius 1 is 1.33 bits per heavy atom. The van der Waals surface area contributed by atoms with Crippen LogP contribution in [0.25, 0.3) is 0 Å². The highest BCUT2D eigenvalue weighted by Crippen LogP contribution is 2.46. The molecule has 0 aromatic rings. The minimum atomic E-state index is -3.81. The van der Waals surface area contributed by atoms with Crippen LogP contribution in [0, 0.1) is 0 Å². The SMILES string of the molecule is CN(C)S(O)(O)C(F)F. The molecule has 0 radical (unpaired) electrons. The molecule has 0 aromatic heterocycles. The zero-order valence-electron chi connectivity index (χ0n) is 5.08. The highest BCUT2D eigenvalue weighted by molar-refractivity contribution is 8.22. The van der Waals surface area contributed by atoms with Gasteiger partial charge in [0, 0.05) is 14.1 Å². The topological polar surface area (TPSA) is 43.7 Å². The monoisotopic (exact) mass is 161 g/mol. The van der Waals surface area contributed by atoms with E-state index < -0.39 is 16.5 Å². The summed E-state index contributed by atoms with van der Waals surface area (Å²) in [7, 11) is -1.45. The van der Waals surface area contributed by atoms with Crippen LogP contribution >= 0.6 is 10.8 Å². The average Bonchev–Trinajstić information content (AvgIpc) is 1.65. The molecule has 0 bridgehead atoms. The zero-order chi connectivity index (χ0) is 7.65. The number of nitrogens with zero attached hydrogens (tertiary/aromatic N) is 1. The predicted molar refractivity (Wildman–Crippen MR) is 32.5 cm³/mol. The van der Waals surface area contributed by atoms with E-state index in [4.69, 9.17) is 9.11 Å². The minimum absolute atomic E-state index is 0.706. The fraction of sp³-hybridized carbons (Fsp3) is 1.00. The van der Waals surface area contributed by atoms with Gasteiger partial charge in [-0.3, -0.25) is 9.11 Å². The van der Waals surface area contributed by atoms with Crippen LogP contribution in [0.2, 0.25) is 0 Å². The first-order valence-electron chi connectivity index (χ1n) is 2.11. The lowest BCUT2D eigenvalue weighted by molar-refractivity contribution is 0.200. The second-order valence-corrected chi connectivity index (χ2v) is 3.84. The highest BCUT2D eigenvalue weighted by Gasteiger charge is 2.26. The molecule has 3 nitrogen and oxygen atoms in total. The Bertz CT molecular complexity index is 87.8. The van der Waals surface area contributed by atoms with Gasteiger partial charge >= 0.3 is 5.76 Å². The van der Waals surface area contributed by atoms with Gasteiger partial charge in [-0.1, -0.05) is 10.8 Å². The number of halogens is 2. The third-order valence-corrected chi connectivity index (χ3v) is 2.33. The molecule has 0 amide bonds. The van der Waals surface area contributed by atoms with Crippen molar-refractivity contribution in [3.63, 3.8) is 0 Å². The van der Waals surface area contributed by atoms with Gasteiger partial charge in [0.15, 0.2) is 0 Å². The van der Waals surface area contributed by atoms with Crippen molar-refractivity contribution >= 4 is 10.8 Å². The van der Waals surface area contributed by atoms with Crippen LogP contribution in [0.15, 0.2) is 0 Å². The van der Waals surface area contributed by atoms with E-state index in [1.165, 1.54) is 14.1 Å². The maximum atomic E-state index is 11.6. The summed E-state index contributed by atoms with van der Waals surface area (Å²) in [5.41, 5.74) is 0. The molecule has 0 aliphatic heterocycles. The Morgan fingerprint density at radius 3 is 1.67 bits per heavy atom. The smallest absolute Gasteiger partial charge is 0.281 e. The Morgan fingerprint density at radius 2 is 1.67 bits per heavy atom. The fourth-order valence-electron chi connectivity index (χ4n) is 0.159. The standard InChI is InChI=1S/C3H9F2NO2S/c1-6(2)9(7,8)3(4)5/h3,7-8H,1-2H3. The molecular weight excluding hydrogens is 152 g/mol. The van der Waals surface area contributed by atoms with E-state index in [-0.39, 0.29) is 0 Å². The van der Waals surface area contributed by atoms with Gasteiger partial charge < -0.3 is 0 Å². The molecule has 0 aromatic carbocycles. The van der Waals surface area contributed by atoms with E-state index >= 15 is 0 Å². The number of alkyl halides is 2. The van der Waals surface area contributed by atoms with Crippen molar-refractivity contribution in [2.45, 2.75) is 5.76 Å². The quantitative estimate of drug-likeness (QED) is 0.644. The molecular formula is C3H9F2NO2S. The van der Waals surface area contributed by atoms with Crippen LogP contribution in [-0.2, 0) is 0 Å². The van der Waals surface area contributed by atoms with Crippen LogP contribution in [0.3, 0.4) is 0 Å². The lowest BCUT2D eigenvalue weighted by Crippen LogP contribution is -2.23. The number of hydrogen-bond acceptors (Lipinski definition) is 3. The van der Waals surface area contributed by atoms with Crippen LogP contribution in [0.5, 0.6) is 0 Å². The van der Waals surface area contributed by atoms with Gasteiger partial charge in [0.1, 0.15) is 0 Å². The summed E-state index contributed by atoms with van der Waals surface area (Å²) < 4.78 is 40.8. The summed E-state index contributed by atoms with van der Waals surface area (Å²) in [4.78, 5) is 0. The van der Waals surface area contributed by atoms with Crippen molar-refractivity contribution in [1.82, 2.24) is 4.31 Å². The molecule has 0 saturated heterocycles. The van der Waals surface area contributed by atoms with E-state index in [1.54, 1.807) is 0 Å². The maximum absolute atomic E-state index is 11.6. The molecule has 0 unspecified atom stereocenters. The summed E-state index contributed by atoms with van der Waals surface area (Å²) >= 11 is 0. The van der Waals surface area contributed by atoms with Gasteiger partial charge in [0.05, 0.1) is 0 Å². The van der Waals surface area contributed by atoms with Crippen molar-refractivity contribution in [2.75, 3.05) is 14.1 Å². The van der Waals surface area contributed by atoms with Gasteiger partial charge in [0.2, 0.25) is 0 Å². The average molecular weight is 161 g/mol. The van der Waals surface area contributed by atoms with E-state index in [1.807, 2.05) is 0 Å². The lowest BCUT2D eigenvalue weighted by atomic mass is 11.3. The molecule has 0 aliphatic rings. The first-order chi connectivity index (χ1) is 3.89. The van der Waals surface area contributed by atoms with Crippen molar-refractivity contribution in [3.05, 3.63) is 0 Å². The molecule has 0 rings (SSSR count). The third kappa shape index (κ3) is 2.05. The minimum Gasteiger partial charge on any atom is -0.281 e. The van der Waals surface area contributed by atoms with Crippen LogP contribution in [-0.4, -0.2) is 33.3 Å². The van der Waals surface area contributed by atoms with Crippen LogP contribution in [0.1, 0.15) is 0 Å². The lowest BCUT2D eigenvalue weighted by Gasteiger charge is -2.36. The van der Waals surface area contributed by atoms with E-state index in [0.717, 1.165) is 0 Å². The molecule has 58 valence electrons. The van der Waals surface area contributed by atoms with Crippen LogP contribution < -0.4 is 0 Å². The Hall–Kier alpha value is 0.0900. The summed E-state index contributed by atoms with van der Waals surface area (Å²) in [6.07, 6.45) is 0. The van der Waals surface area contributed by atoms with Gasteiger partial charge in [-0.05, 0) is 0 Å². The first-order valence-corrected chi connectivity index (χ1v) is 3.68. The molecule has 0 fully saturated rings. The molecule has 0 atom stereocenters. The van der Waals surface area contributed by atoms with Crippen LogP contribution in [0.4, 0.5) is 8.78 Å². The highest BCUT2D eigenvalue weighted by atomic mass is 32.3. The molecule has 0 aliphatic carbocycles. The molecule has 9 heavy (non-hydrogen) atoms. The molecule has 2 N–H and O–H groups in total. The van der Waals surface area contributed by atoms with E-state index in [9.17, 15) is 8.78 Å². The number of rotatable bonds is 2. The van der Waals surface area contributed by atoms with Crippen molar-refractivity contribution in [2.24, 2.45) is 0 Å². The number of hydrogen-bond donors (Lipinski definition) is 2. The fourth-order valence-corrected chi connectivity index (χ4v) is 0.478. The second kappa shape index (κ2) is 2.78. The van der Waals surface area contributed by atoms with Crippen molar-refractivity contribution in [1.29, 1.82) is 0 Å². The summed E-state index contributed by atoms with van der Waals surface area (Å²) in [6, 6.07) is 0. The zero-order valence-corrected chi connectivity index (χ0v) is 5.90. The molecule has 0 saturated carbocycles. The van der Waals surface area contributed by atoms with E-state index in [2.05, 4.69) is 0 Å². The molecule has 6 heteroatoms. The van der Waals surface area contributed by atoms with Gasteiger partial charge in [0.25, 0.3) is 0 Å². The van der Waals surface area contributed by atoms with Gasteiger partial charge in [-0.2, -0.15) is 8.78 Å². The van der Waals surface area contributed by atoms with Crippen molar-refractivity contribution < 1.29 is 17.9 Å². The van der Waals surface area contributed by atoms with Crippen molar-refractivity contribution in [3.8, 4) is 0 Å². The first kappa shape index (κ1) is 9.09. The predicted octanol–water partition coefficient (Wildman–Crippen LogP) is 1.44. The second-order valence-electron chi connectivity index (χ2n) is 1.63. The third-order valence-electron chi connectivity index (χ3n) is 0.776.